The molecule has 2 aliphatic heterocycles. The number of urea groups is 1. The van der Waals surface area contributed by atoms with Crippen molar-refractivity contribution in [2.75, 3.05) is 16.8 Å². The molecule has 3 aromatic carbocycles. The number of anilines is 2. The molecule has 2 atom stereocenters. The van der Waals surface area contributed by atoms with E-state index in [1.807, 2.05) is 0 Å². The Morgan fingerprint density at radius 3 is 2.43 bits per heavy atom. The van der Waals surface area contributed by atoms with E-state index < -0.39 is 47.8 Å². The van der Waals surface area contributed by atoms with Crippen LogP contribution < -0.4 is 21.1 Å². The Morgan fingerprint density at radius 1 is 0.976 bits per heavy atom. The Balaban J connectivity index is 1.49. The number of nitrogens with zero attached hydrogens (tertiary/aromatic N) is 2. The van der Waals surface area contributed by atoms with Crippen LogP contribution in [0.3, 0.4) is 0 Å². The summed E-state index contributed by atoms with van der Waals surface area (Å²) in [6.45, 7) is -3.32. The summed E-state index contributed by atoms with van der Waals surface area (Å²) in [4.78, 5) is 39.8. The summed E-state index contributed by atoms with van der Waals surface area (Å²) in [6, 6.07) is 10.5. The van der Waals surface area contributed by atoms with Gasteiger partial charge in [0.1, 0.15) is 11.6 Å². The molecule has 13 heteroatoms. The number of aliphatic hydroxyl groups is 1. The number of hydrogen-bond acceptors (Lipinski definition) is 4. The third kappa shape index (κ3) is 4.68. The highest BCUT2D eigenvalue weighted by atomic mass is 35.5. The average Bonchev–Trinajstić information content (AvgIpc) is 3.46. The first-order chi connectivity index (χ1) is 20.0. The van der Waals surface area contributed by atoms with Crippen molar-refractivity contribution < 1.29 is 32.3 Å². The topological polar surface area (TPSA) is 104 Å². The van der Waals surface area contributed by atoms with Gasteiger partial charge in [-0.05, 0) is 65.7 Å². The van der Waals surface area contributed by atoms with Crippen LogP contribution in [0, 0.1) is 11.6 Å². The second kappa shape index (κ2) is 10.3. The number of amides is 3. The zero-order valence-electron chi connectivity index (χ0n) is 21.2. The van der Waals surface area contributed by atoms with E-state index >= 15 is 0 Å². The number of carbonyl (C=O) groups is 2. The van der Waals surface area contributed by atoms with Gasteiger partial charge in [0, 0.05) is 45.2 Å². The van der Waals surface area contributed by atoms with E-state index in [1.165, 1.54) is 35.2 Å². The smallest absolute Gasteiger partial charge is 0.326 e. The molecule has 0 saturated carbocycles. The maximum atomic E-state index is 14.2. The number of β-amino-alcohol motifs (C(OH)–C–C–N with tert-alkyl or cyclic N) is 1. The van der Waals surface area contributed by atoms with Crippen molar-refractivity contribution >= 4 is 34.9 Å². The molecule has 0 spiro atoms. The number of alkyl halides is 2. The van der Waals surface area contributed by atoms with Crippen LogP contribution in [0.5, 0.6) is 0 Å². The van der Waals surface area contributed by atoms with E-state index in [2.05, 4.69) is 10.6 Å². The Bertz CT molecular complexity index is 1850. The van der Waals surface area contributed by atoms with Gasteiger partial charge in [0.25, 0.3) is 11.5 Å². The first-order valence-electron chi connectivity index (χ1n) is 12.5. The summed E-state index contributed by atoms with van der Waals surface area (Å²) in [5.41, 5.74) is 0.417. The molecule has 0 aliphatic carbocycles. The third-order valence-electron chi connectivity index (χ3n) is 7.22. The summed E-state index contributed by atoms with van der Waals surface area (Å²) >= 11 is 6.35. The van der Waals surface area contributed by atoms with Gasteiger partial charge in [-0.3, -0.25) is 19.1 Å². The number of nitrogens with one attached hydrogen (secondary N) is 2. The van der Waals surface area contributed by atoms with Crippen LogP contribution in [0.1, 0.15) is 45.7 Å². The monoisotopic (exact) mass is 598 g/mol. The molecule has 3 heterocycles. The van der Waals surface area contributed by atoms with Gasteiger partial charge in [0.15, 0.2) is 0 Å². The number of rotatable bonds is 4. The number of pyridine rings is 1. The largest absolute Gasteiger partial charge is 0.386 e. The Kier molecular flexibility index (Phi) is 6.74. The van der Waals surface area contributed by atoms with Crippen LogP contribution in [0.2, 0.25) is 5.02 Å². The molecule has 3 amide bonds. The number of aromatic nitrogens is 1. The van der Waals surface area contributed by atoms with Gasteiger partial charge in [0.2, 0.25) is 0 Å². The fraction of sp³-hybridized carbons (Fsp3) is 0.138. The van der Waals surface area contributed by atoms with Crippen molar-refractivity contribution in [1.82, 2.24) is 9.88 Å². The lowest BCUT2D eigenvalue weighted by Crippen LogP contribution is -2.34. The van der Waals surface area contributed by atoms with Gasteiger partial charge in [0.05, 0.1) is 24.4 Å². The quantitative estimate of drug-likeness (QED) is 0.260. The molecule has 0 unspecified atom stereocenters. The number of benzene rings is 3. The fourth-order valence-corrected chi connectivity index (χ4v) is 5.51. The van der Waals surface area contributed by atoms with Gasteiger partial charge in [-0.2, -0.15) is 8.78 Å². The van der Waals surface area contributed by atoms with Gasteiger partial charge < -0.3 is 15.7 Å². The van der Waals surface area contributed by atoms with Crippen LogP contribution in [0.25, 0.3) is 11.1 Å². The molecule has 214 valence electrons. The zero-order chi connectivity index (χ0) is 29.9. The zero-order valence-corrected chi connectivity index (χ0v) is 22.0. The first-order valence-corrected chi connectivity index (χ1v) is 12.9. The van der Waals surface area contributed by atoms with Crippen molar-refractivity contribution in [3.8, 4) is 11.1 Å². The number of aliphatic hydroxyl groups excluding tert-OH is 1. The summed E-state index contributed by atoms with van der Waals surface area (Å²) in [5, 5.41) is 16.0. The molecule has 6 rings (SSSR count). The second-order valence-electron chi connectivity index (χ2n) is 9.76. The molecule has 1 aromatic heterocycles. The second-order valence-corrected chi connectivity index (χ2v) is 10.2. The van der Waals surface area contributed by atoms with E-state index in [1.54, 1.807) is 0 Å². The van der Waals surface area contributed by atoms with E-state index in [-0.39, 0.29) is 60.9 Å². The predicted octanol–water partition coefficient (Wildman–Crippen LogP) is 5.76. The van der Waals surface area contributed by atoms with Crippen molar-refractivity contribution in [2.45, 2.75) is 18.7 Å². The van der Waals surface area contributed by atoms with E-state index in [0.29, 0.717) is 0 Å². The Hall–Kier alpha value is -4.68. The fourth-order valence-electron chi connectivity index (χ4n) is 5.28. The van der Waals surface area contributed by atoms with Gasteiger partial charge >= 0.3 is 12.6 Å². The molecule has 0 bridgehead atoms. The summed E-state index contributed by atoms with van der Waals surface area (Å²) in [5.74, 6) is -1.82. The molecule has 42 heavy (non-hydrogen) atoms. The van der Waals surface area contributed by atoms with Crippen molar-refractivity contribution in [3.05, 3.63) is 116 Å². The third-order valence-corrected chi connectivity index (χ3v) is 7.57. The molecular weight excluding hydrogens is 580 g/mol. The minimum Gasteiger partial charge on any atom is -0.386 e. The average molecular weight is 599 g/mol. The van der Waals surface area contributed by atoms with E-state index in [4.69, 9.17) is 11.6 Å². The molecule has 4 aromatic rings. The van der Waals surface area contributed by atoms with E-state index in [9.17, 15) is 37.1 Å². The summed E-state index contributed by atoms with van der Waals surface area (Å²) in [6.07, 6.45) is -0.230. The minimum absolute atomic E-state index is 0.0480. The lowest BCUT2D eigenvalue weighted by atomic mass is 9.93. The number of fused-ring (bicyclic) bond motifs is 2. The molecule has 0 saturated heterocycles. The van der Waals surface area contributed by atoms with Crippen LogP contribution >= 0.6 is 11.6 Å². The van der Waals surface area contributed by atoms with Crippen molar-refractivity contribution in [3.63, 3.8) is 0 Å². The maximum Gasteiger partial charge on any atom is 0.326 e. The molecule has 3 N–H and O–H groups in total. The lowest BCUT2D eigenvalue weighted by molar-refractivity contribution is 0.0665. The van der Waals surface area contributed by atoms with Crippen LogP contribution in [-0.4, -0.2) is 28.2 Å². The van der Waals surface area contributed by atoms with Crippen LogP contribution in [0.4, 0.5) is 33.7 Å². The lowest BCUT2D eigenvalue weighted by Gasteiger charge is -2.22. The highest BCUT2D eigenvalue weighted by Gasteiger charge is 2.37. The minimum atomic E-state index is -3.12. The van der Waals surface area contributed by atoms with Gasteiger partial charge in [-0.15, -0.1) is 0 Å². The van der Waals surface area contributed by atoms with Crippen LogP contribution in [-0.2, 0) is 0 Å². The summed E-state index contributed by atoms with van der Waals surface area (Å²) < 4.78 is 55.2. The molecular formula is C29H19ClF4N4O4. The highest BCUT2D eigenvalue weighted by Crippen LogP contribution is 2.42. The predicted molar refractivity (Wildman–Crippen MR) is 146 cm³/mol. The van der Waals surface area contributed by atoms with E-state index in [0.717, 1.165) is 36.5 Å². The first kappa shape index (κ1) is 27.5. The Labute approximate surface area is 239 Å². The molecule has 0 radical (unpaired) electrons. The molecule has 0 fully saturated rings. The normalized spacial score (nSPS) is 17.3. The SMILES string of the molecule is O=C1N[C@@H](c2cc(F)ccc2Cl)c2c(NC(=O)N3C[C@H](O)c4cc(F)ccc43)cc(-c3ccc(=O)n(C(F)F)c3)cc21. The van der Waals surface area contributed by atoms with Crippen LogP contribution in [0.15, 0.2) is 71.7 Å². The highest BCUT2D eigenvalue weighted by molar-refractivity contribution is 6.31. The number of carbonyl (C=O) groups excluding carboxylic acids is 2. The molecule has 8 nitrogen and oxygen atoms in total. The standard InChI is InChI=1S/C29H19ClF4N4O4/c30-20-4-2-15(31)9-17(20)26-25-19(27(41)36-26)7-14(13-1-6-24(40)38(11-13)28(33)34)8-21(25)35-29(42)37-12-23(39)18-10-16(32)3-5-22(18)37/h1-11,23,26,28,39H,12H2,(H,35,42)(H,36,41)/t23-,26-/m0/s1. The summed E-state index contributed by atoms with van der Waals surface area (Å²) in [7, 11) is 0. The van der Waals surface area contributed by atoms with Crippen molar-refractivity contribution in [2.24, 2.45) is 0 Å². The Morgan fingerprint density at radius 2 is 1.69 bits per heavy atom. The van der Waals surface area contributed by atoms with Crippen molar-refractivity contribution in [1.29, 1.82) is 0 Å². The van der Waals surface area contributed by atoms with Gasteiger partial charge in [-0.1, -0.05) is 11.6 Å². The maximum absolute atomic E-state index is 14.2. The number of halogens is 5. The van der Waals surface area contributed by atoms with Gasteiger partial charge in [-0.25, -0.2) is 13.6 Å². The molecule has 2 aliphatic rings. The number of hydrogen-bond donors (Lipinski definition) is 3.